The van der Waals surface area contributed by atoms with Gasteiger partial charge in [0.2, 0.25) is 0 Å². The van der Waals surface area contributed by atoms with Gasteiger partial charge >= 0.3 is 0 Å². The number of nitrogens with one attached hydrogen (secondary N) is 2. The molecule has 0 heterocycles. The van der Waals surface area contributed by atoms with Gasteiger partial charge < -0.3 is 25.0 Å². The van der Waals surface area contributed by atoms with Crippen molar-refractivity contribution >= 4 is 5.96 Å². The third kappa shape index (κ3) is 10.3. The number of rotatable bonds is 10. The topological polar surface area (TPSA) is 58.1 Å². The summed E-state index contributed by atoms with van der Waals surface area (Å²) >= 11 is 0. The Kier molecular flexibility index (Phi) is 12.0. The van der Waals surface area contributed by atoms with E-state index >= 15 is 0 Å². The standard InChI is InChI=1S/C12H28N4O2/c1-13-12(15-7-10-17-3)14-6-5-8-16(2)9-11-18-4/h5-11H2,1-4H3,(H2,13,14,15). The highest BCUT2D eigenvalue weighted by molar-refractivity contribution is 5.79. The summed E-state index contributed by atoms with van der Waals surface area (Å²) in [5.74, 6) is 0.826. The van der Waals surface area contributed by atoms with Gasteiger partial charge in [0.1, 0.15) is 0 Å². The van der Waals surface area contributed by atoms with Gasteiger partial charge in [-0.1, -0.05) is 0 Å². The van der Waals surface area contributed by atoms with Crippen LogP contribution in [-0.4, -0.2) is 78.6 Å². The van der Waals surface area contributed by atoms with E-state index in [1.165, 1.54) is 0 Å². The second-order valence-electron chi connectivity index (χ2n) is 4.07. The first-order chi connectivity index (χ1) is 8.74. The lowest BCUT2D eigenvalue weighted by molar-refractivity contribution is 0.161. The maximum absolute atomic E-state index is 5.03. The Morgan fingerprint density at radius 2 is 1.72 bits per heavy atom. The Balaban J connectivity index is 3.50. The first-order valence-corrected chi connectivity index (χ1v) is 6.35. The average molecular weight is 260 g/mol. The molecule has 18 heavy (non-hydrogen) atoms. The van der Waals surface area contributed by atoms with Gasteiger partial charge in [-0.25, -0.2) is 0 Å². The van der Waals surface area contributed by atoms with Gasteiger partial charge in [-0.2, -0.15) is 0 Å². The number of aliphatic imine (C=N–C) groups is 1. The number of hydrogen-bond donors (Lipinski definition) is 2. The second-order valence-corrected chi connectivity index (χ2v) is 4.07. The minimum Gasteiger partial charge on any atom is -0.383 e. The Morgan fingerprint density at radius 3 is 2.33 bits per heavy atom. The average Bonchev–Trinajstić information content (AvgIpc) is 2.39. The monoisotopic (exact) mass is 260 g/mol. The molecule has 0 saturated heterocycles. The molecule has 0 unspecified atom stereocenters. The summed E-state index contributed by atoms with van der Waals surface area (Å²) in [6.07, 6.45) is 1.07. The number of nitrogens with zero attached hydrogens (tertiary/aromatic N) is 2. The summed E-state index contributed by atoms with van der Waals surface area (Å²) in [6.45, 7) is 5.15. The molecule has 0 rings (SSSR count). The van der Waals surface area contributed by atoms with Gasteiger partial charge in [0.15, 0.2) is 5.96 Å². The van der Waals surface area contributed by atoms with Crippen LogP contribution in [0.2, 0.25) is 0 Å². The zero-order valence-corrected chi connectivity index (χ0v) is 12.2. The van der Waals surface area contributed by atoms with Crippen molar-refractivity contribution in [3.63, 3.8) is 0 Å². The fourth-order valence-corrected chi connectivity index (χ4v) is 1.41. The van der Waals surface area contributed by atoms with Crippen LogP contribution in [0.3, 0.4) is 0 Å². The summed E-state index contributed by atoms with van der Waals surface area (Å²) < 4.78 is 10.00. The van der Waals surface area contributed by atoms with E-state index in [0.29, 0.717) is 6.61 Å². The lowest BCUT2D eigenvalue weighted by Gasteiger charge is -2.16. The Hall–Kier alpha value is -0.850. The van der Waals surface area contributed by atoms with Gasteiger partial charge in [-0.05, 0) is 20.0 Å². The van der Waals surface area contributed by atoms with Crippen molar-refractivity contribution in [2.75, 3.05) is 67.7 Å². The van der Waals surface area contributed by atoms with Crippen LogP contribution >= 0.6 is 0 Å². The predicted molar refractivity (Wildman–Crippen MR) is 75.2 cm³/mol. The van der Waals surface area contributed by atoms with E-state index in [-0.39, 0.29) is 0 Å². The lowest BCUT2D eigenvalue weighted by atomic mass is 10.4. The molecule has 0 fully saturated rings. The van der Waals surface area contributed by atoms with Crippen molar-refractivity contribution in [2.24, 2.45) is 4.99 Å². The Bertz CT molecular complexity index is 212. The summed E-state index contributed by atoms with van der Waals surface area (Å²) in [4.78, 5) is 6.39. The molecule has 108 valence electrons. The number of hydrogen-bond acceptors (Lipinski definition) is 4. The van der Waals surface area contributed by atoms with E-state index < -0.39 is 0 Å². The number of likely N-dealkylation sites (N-methyl/N-ethyl adjacent to an activating group) is 1. The van der Waals surface area contributed by atoms with Crippen molar-refractivity contribution < 1.29 is 9.47 Å². The minimum atomic E-state index is 0.681. The van der Waals surface area contributed by atoms with Gasteiger partial charge in [0.25, 0.3) is 0 Å². The molecule has 0 aliphatic carbocycles. The van der Waals surface area contributed by atoms with Crippen molar-refractivity contribution in [2.45, 2.75) is 6.42 Å². The molecule has 0 aromatic rings. The third-order valence-corrected chi connectivity index (χ3v) is 2.51. The molecule has 0 aromatic heterocycles. The molecule has 0 aliphatic rings. The SMILES string of the molecule is CN=C(NCCCN(C)CCOC)NCCOC. The summed E-state index contributed by atoms with van der Waals surface area (Å²) in [7, 11) is 7.29. The lowest BCUT2D eigenvalue weighted by Crippen LogP contribution is -2.40. The molecular formula is C12H28N4O2. The highest BCUT2D eigenvalue weighted by atomic mass is 16.5. The van der Waals surface area contributed by atoms with Crippen LogP contribution in [0.15, 0.2) is 4.99 Å². The van der Waals surface area contributed by atoms with E-state index in [1.807, 2.05) is 0 Å². The van der Waals surface area contributed by atoms with Gasteiger partial charge in [0, 0.05) is 40.9 Å². The second kappa shape index (κ2) is 12.6. The molecule has 0 amide bonds. The van der Waals surface area contributed by atoms with Gasteiger partial charge in [-0.15, -0.1) is 0 Å². The third-order valence-electron chi connectivity index (χ3n) is 2.51. The fraction of sp³-hybridized carbons (Fsp3) is 0.917. The normalized spacial score (nSPS) is 11.9. The molecule has 0 aliphatic heterocycles. The van der Waals surface area contributed by atoms with Crippen LogP contribution in [0.5, 0.6) is 0 Å². The van der Waals surface area contributed by atoms with Gasteiger partial charge in [0.05, 0.1) is 13.2 Å². The minimum absolute atomic E-state index is 0.681. The van der Waals surface area contributed by atoms with E-state index in [4.69, 9.17) is 9.47 Å². The van der Waals surface area contributed by atoms with Crippen LogP contribution in [0.4, 0.5) is 0 Å². The smallest absolute Gasteiger partial charge is 0.191 e. The zero-order valence-electron chi connectivity index (χ0n) is 12.2. The molecule has 0 atom stereocenters. The van der Waals surface area contributed by atoms with Crippen molar-refractivity contribution in [1.82, 2.24) is 15.5 Å². The zero-order chi connectivity index (χ0) is 13.6. The number of guanidine groups is 1. The van der Waals surface area contributed by atoms with E-state index in [9.17, 15) is 0 Å². The predicted octanol–water partition coefficient (Wildman–Crippen LogP) is -0.234. The molecule has 6 heteroatoms. The Labute approximate surface area is 111 Å². The van der Waals surface area contributed by atoms with Crippen molar-refractivity contribution in [3.05, 3.63) is 0 Å². The van der Waals surface area contributed by atoms with Crippen LogP contribution in [0, 0.1) is 0 Å². The molecule has 0 saturated carbocycles. The van der Waals surface area contributed by atoms with Crippen LogP contribution in [-0.2, 0) is 9.47 Å². The molecule has 0 aromatic carbocycles. The maximum atomic E-state index is 5.03. The highest BCUT2D eigenvalue weighted by Gasteiger charge is 1.99. The van der Waals surface area contributed by atoms with Gasteiger partial charge in [-0.3, -0.25) is 4.99 Å². The largest absolute Gasteiger partial charge is 0.383 e. The van der Waals surface area contributed by atoms with Crippen LogP contribution in [0.1, 0.15) is 6.42 Å². The van der Waals surface area contributed by atoms with Crippen molar-refractivity contribution in [1.29, 1.82) is 0 Å². The molecule has 0 spiro atoms. The number of ether oxygens (including phenoxy) is 2. The first kappa shape index (κ1) is 17.2. The van der Waals surface area contributed by atoms with E-state index in [1.54, 1.807) is 21.3 Å². The van der Waals surface area contributed by atoms with Crippen molar-refractivity contribution in [3.8, 4) is 0 Å². The fourth-order valence-electron chi connectivity index (χ4n) is 1.41. The van der Waals surface area contributed by atoms with E-state index in [2.05, 4.69) is 27.6 Å². The Morgan fingerprint density at radius 1 is 1.06 bits per heavy atom. The highest BCUT2D eigenvalue weighted by Crippen LogP contribution is 1.86. The molecular weight excluding hydrogens is 232 g/mol. The molecule has 2 N–H and O–H groups in total. The maximum Gasteiger partial charge on any atom is 0.191 e. The van der Waals surface area contributed by atoms with Crippen LogP contribution in [0.25, 0.3) is 0 Å². The van der Waals surface area contributed by atoms with E-state index in [0.717, 1.165) is 45.2 Å². The summed E-state index contributed by atoms with van der Waals surface area (Å²) in [6, 6.07) is 0. The molecule has 0 radical (unpaired) electrons. The molecule has 0 bridgehead atoms. The summed E-state index contributed by atoms with van der Waals surface area (Å²) in [5, 5.41) is 6.44. The number of methoxy groups -OCH3 is 2. The van der Waals surface area contributed by atoms with Crippen LogP contribution < -0.4 is 10.6 Å². The first-order valence-electron chi connectivity index (χ1n) is 6.35. The quantitative estimate of drug-likeness (QED) is 0.323. The molecule has 6 nitrogen and oxygen atoms in total. The summed E-state index contributed by atoms with van der Waals surface area (Å²) in [5.41, 5.74) is 0.